The topological polar surface area (TPSA) is 69.2 Å². The Morgan fingerprint density at radius 2 is 2.24 bits per heavy atom. The van der Waals surface area contributed by atoms with Crippen LogP contribution in [0.3, 0.4) is 0 Å². The van der Waals surface area contributed by atoms with Crippen molar-refractivity contribution in [2.45, 2.75) is 26.1 Å². The van der Waals surface area contributed by atoms with Crippen LogP contribution in [-0.4, -0.2) is 50.6 Å². The van der Waals surface area contributed by atoms with Gasteiger partial charge in [-0.05, 0) is 19.1 Å². The van der Waals surface area contributed by atoms with Crippen molar-refractivity contribution in [1.29, 1.82) is 0 Å². The molecule has 1 fully saturated rings. The molecular formula is C18H21N5O2. The van der Waals surface area contributed by atoms with Gasteiger partial charge in [0, 0.05) is 31.0 Å². The van der Waals surface area contributed by atoms with Gasteiger partial charge < -0.3 is 9.26 Å². The average Bonchev–Trinajstić information content (AvgIpc) is 3.27. The highest BCUT2D eigenvalue weighted by Gasteiger charge is 2.23. The van der Waals surface area contributed by atoms with Crippen LogP contribution >= 0.6 is 0 Å². The molecule has 1 aliphatic heterocycles. The lowest BCUT2D eigenvalue weighted by Gasteiger charge is -2.31. The van der Waals surface area contributed by atoms with E-state index in [9.17, 15) is 0 Å². The molecule has 1 atom stereocenters. The molecule has 7 nitrogen and oxygen atoms in total. The third-order valence-electron chi connectivity index (χ3n) is 4.28. The van der Waals surface area contributed by atoms with Crippen LogP contribution in [0.1, 0.15) is 11.5 Å². The number of hydrogen-bond acceptors (Lipinski definition) is 6. The second kappa shape index (κ2) is 7.16. The second-order valence-electron chi connectivity index (χ2n) is 6.34. The monoisotopic (exact) mass is 339 g/mol. The fraction of sp³-hybridized carbons (Fsp3) is 0.389. The summed E-state index contributed by atoms with van der Waals surface area (Å²) in [7, 11) is 0. The number of aromatic nitrogens is 4. The summed E-state index contributed by atoms with van der Waals surface area (Å²) in [5, 5.41) is 8.36. The Labute approximate surface area is 146 Å². The van der Waals surface area contributed by atoms with Crippen LogP contribution in [-0.2, 0) is 17.8 Å². The largest absolute Gasteiger partial charge is 0.374 e. The summed E-state index contributed by atoms with van der Waals surface area (Å²) in [4.78, 5) is 6.82. The van der Waals surface area contributed by atoms with Crippen molar-refractivity contribution in [2.75, 3.05) is 19.7 Å². The minimum Gasteiger partial charge on any atom is -0.374 e. The molecule has 3 aromatic rings. The summed E-state index contributed by atoms with van der Waals surface area (Å²) in [5.74, 6) is 1.27. The Kier molecular flexibility index (Phi) is 4.58. The molecular weight excluding hydrogens is 318 g/mol. The van der Waals surface area contributed by atoms with E-state index in [2.05, 4.69) is 39.2 Å². The Morgan fingerprint density at radius 1 is 1.28 bits per heavy atom. The maximum Gasteiger partial charge on any atom is 0.241 e. The quantitative estimate of drug-likeness (QED) is 0.709. The van der Waals surface area contributed by atoms with Crippen molar-refractivity contribution in [1.82, 2.24) is 24.8 Å². The number of morpholine rings is 1. The SMILES string of the molecule is Cc1cccc(-c2noc(CN3CCO[C@H](Cn4cccn4)C3)n2)c1. The van der Waals surface area contributed by atoms with Gasteiger partial charge in [-0.1, -0.05) is 28.9 Å². The first kappa shape index (κ1) is 16.0. The van der Waals surface area contributed by atoms with Crippen molar-refractivity contribution >= 4 is 0 Å². The zero-order valence-electron chi connectivity index (χ0n) is 14.2. The predicted octanol–water partition coefficient (Wildman–Crippen LogP) is 2.14. The molecule has 2 aromatic heterocycles. The molecule has 0 amide bonds. The zero-order chi connectivity index (χ0) is 17.1. The van der Waals surface area contributed by atoms with Gasteiger partial charge in [0.1, 0.15) is 0 Å². The van der Waals surface area contributed by atoms with Gasteiger partial charge in [0.2, 0.25) is 11.7 Å². The predicted molar refractivity (Wildman–Crippen MR) is 91.7 cm³/mol. The fourth-order valence-electron chi connectivity index (χ4n) is 3.06. The second-order valence-corrected chi connectivity index (χ2v) is 6.34. The van der Waals surface area contributed by atoms with E-state index in [0.717, 1.165) is 25.2 Å². The van der Waals surface area contributed by atoms with Gasteiger partial charge in [0.05, 0.1) is 25.8 Å². The van der Waals surface area contributed by atoms with Gasteiger partial charge in [-0.15, -0.1) is 0 Å². The molecule has 1 aliphatic rings. The molecule has 7 heteroatoms. The van der Waals surface area contributed by atoms with E-state index in [1.807, 2.05) is 29.1 Å². The molecule has 1 saturated heterocycles. The molecule has 130 valence electrons. The lowest BCUT2D eigenvalue weighted by Crippen LogP contribution is -2.43. The minimum atomic E-state index is 0.118. The summed E-state index contributed by atoms with van der Waals surface area (Å²) >= 11 is 0. The average molecular weight is 339 g/mol. The van der Waals surface area contributed by atoms with Crippen LogP contribution in [0.5, 0.6) is 0 Å². The van der Waals surface area contributed by atoms with E-state index < -0.39 is 0 Å². The number of hydrogen-bond donors (Lipinski definition) is 0. The fourth-order valence-corrected chi connectivity index (χ4v) is 3.06. The van der Waals surface area contributed by atoms with Gasteiger partial charge in [-0.2, -0.15) is 10.1 Å². The molecule has 4 rings (SSSR count). The first-order chi connectivity index (χ1) is 12.3. The van der Waals surface area contributed by atoms with Crippen LogP contribution in [0.4, 0.5) is 0 Å². The van der Waals surface area contributed by atoms with Crippen molar-refractivity contribution in [2.24, 2.45) is 0 Å². The van der Waals surface area contributed by atoms with E-state index in [4.69, 9.17) is 9.26 Å². The van der Waals surface area contributed by atoms with Crippen LogP contribution in [0.2, 0.25) is 0 Å². The molecule has 0 spiro atoms. The molecule has 1 aromatic carbocycles. The molecule has 0 aliphatic carbocycles. The smallest absolute Gasteiger partial charge is 0.241 e. The number of ether oxygens (including phenoxy) is 1. The van der Waals surface area contributed by atoms with Gasteiger partial charge >= 0.3 is 0 Å². The number of nitrogens with zero attached hydrogens (tertiary/aromatic N) is 5. The van der Waals surface area contributed by atoms with E-state index >= 15 is 0 Å². The number of aryl methyl sites for hydroxylation is 1. The highest BCUT2D eigenvalue weighted by atomic mass is 16.5. The molecule has 0 unspecified atom stereocenters. The highest BCUT2D eigenvalue weighted by Crippen LogP contribution is 2.18. The van der Waals surface area contributed by atoms with E-state index in [-0.39, 0.29) is 6.10 Å². The molecule has 3 heterocycles. The van der Waals surface area contributed by atoms with Crippen molar-refractivity contribution in [3.8, 4) is 11.4 Å². The van der Waals surface area contributed by atoms with Gasteiger partial charge in [-0.3, -0.25) is 9.58 Å². The summed E-state index contributed by atoms with van der Waals surface area (Å²) in [6, 6.07) is 10.0. The van der Waals surface area contributed by atoms with E-state index in [0.29, 0.717) is 24.9 Å². The Balaban J connectivity index is 1.38. The van der Waals surface area contributed by atoms with Crippen molar-refractivity contribution < 1.29 is 9.26 Å². The molecule has 0 bridgehead atoms. The first-order valence-electron chi connectivity index (χ1n) is 8.47. The first-order valence-corrected chi connectivity index (χ1v) is 8.47. The molecule has 0 saturated carbocycles. The van der Waals surface area contributed by atoms with Gasteiger partial charge in [-0.25, -0.2) is 0 Å². The summed E-state index contributed by atoms with van der Waals surface area (Å²) in [5.41, 5.74) is 2.16. The third kappa shape index (κ3) is 3.94. The Hall–Kier alpha value is -2.51. The minimum absolute atomic E-state index is 0.118. The highest BCUT2D eigenvalue weighted by molar-refractivity contribution is 5.55. The van der Waals surface area contributed by atoms with Crippen LogP contribution in [0, 0.1) is 6.92 Å². The van der Waals surface area contributed by atoms with E-state index in [1.54, 1.807) is 6.20 Å². The summed E-state index contributed by atoms with van der Waals surface area (Å²) < 4.78 is 13.2. The van der Waals surface area contributed by atoms with Crippen molar-refractivity contribution in [3.63, 3.8) is 0 Å². The summed E-state index contributed by atoms with van der Waals surface area (Å²) in [6.45, 7) is 5.82. The maximum absolute atomic E-state index is 5.84. The molecule has 25 heavy (non-hydrogen) atoms. The number of rotatable bonds is 5. The standard InChI is InChI=1S/C18H21N5O2/c1-14-4-2-5-15(10-14)18-20-17(25-21-18)13-22-8-9-24-16(11-22)12-23-7-3-6-19-23/h2-7,10,16H,8-9,11-13H2,1H3/t16-/m0/s1. The lowest BCUT2D eigenvalue weighted by molar-refractivity contribution is -0.0426. The molecule has 0 radical (unpaired) electrons. The Bertz CT molecular complexity index is 815. The Morgan fingerprint density at radius 3 is 3.08 bits per heavy atom. The van der Waals surface area contributed by atoms with Gasteiger partial charge in [0.15, 0.2) is 0 Å². The van der Waals surface area contributed by atoms with Crippen LogP contribution < -0.4 is 0 Å². The third-order valence-corrected chi connectivity index (χ3v) is 4.28. The van der Waals surface area contributed by atoms with Gasteiger partial charge in [0.25, 0.3) is 0 Å². The van der Waals surface area contributed by atoms with Crippen molar-refractivity contribution in [3.05, 3.63) is 54.2 Å². The van der Waals surface area contributed by atoms with E-state index in [1.165, 1.54) is 5.56 Å². The number of benzene rings is 1. The normalized spacial score (nSPS) is 18.5. The van der Waals surface area contributed by atoms with Crippen LogP contribution in [0.15, 0.2) is 47.2 Å². The lowest BCUT2D eigenvalue weighted by atomic mass is 10.1. The maximum atomic E-state index is 5.84. The summed E-state index contributed by atoms with van der Waals surface area (Å²) in [6.07, 6.45) is 3.85. The molecule has 0 N–H and O–H groups in total. The zero-order valence-corrected chi connectivity index (χ0v) is 14.2. The van der Waals surface area contributed by atoms with Crippen LogP contribution in [0.25, 0.3) is 11.4 Å².